The van der Waals surface area contributed by atoms with Gasteiger partial charge in [-0.25, -0.2) is 9.97 Å². The molecule has 0 spiro atoms. The molecule has 1 N–H and O–H groups in total. The van der Waals surface area contributed by atoms with E-state index in [1.54, 1.807) is 0 Å². The molecule has 1 saturated heterocycles. The normalized spacial score (nSPS) is 17.0. The number of rotatable bonds is 7. The zero-order valence-electron chi connectivity index (χ0n) is 16.8. The molecule has 3 heterocycles. The fourth-order valence-corrected chi connectivity index (χ4v) is 5.62. The van der Waals surface area contributed by atoms with Crippen molar-refractivity contribution in [3.05, 3.63) is 52.2 Å². The molecule has 0 amide bonds. The quantitative estimate of drug-likeness (QED) is 0.598. The number of anilines is 1. The van der Waals surface area contributed by atoms with Crippen LogP contribution in [-0.2, 0) is 30.5 Å². The Labute approximate surface area is 176 Å². The van der Waals surface area contributed by atoms with Gasteiger partial charge in [-0.05, 0) is 43.2 Å². The second-order valence-electron chi connectivity index (χ2n) is 7.93. The molecule has 0 bridgehead atoms. The number of morpholine rings is 1. The van der Waals surface area contributed by atoms with E-state index in [9.17, 15) is 0 Å². The van der Waals surface area contributed by atoms with Gasteiger partial charge in [0.25, 0.3) is 0 Å². The predicted molar refractivity (Wildman–Crippen MR) is 119 cm³/mol. The lowest BCUT2D eigenvalue weighted by Crippen LogP contribution is -2.36. The summed E-state index contributed by atoms with van der Waals surface area (Å²) in [6, 6.07) is 10.7. The minimum atomic E-state index is 0.806. The number of hydrogen-bond acceptors (Lipinski definition) is 6. The molecule has 1 aromatic carbocycles. The summed E-state index contributed by atoms with van der Waals surface area (Å²) in [7, 11) is 0. The topological polar surface area (TPSA) is 50.3 Å². The Bertz CT molecular complexity index is 966. The molecular weight excluding hydrogens is 380 g/mol. The lowest BCUT2D eigenvalue weighted by molar-refractivity contribution is 0.0331. The Morgan fingerprint density at radius 2 is 1.93 bits per heavy atom. The Balaban J connectivity index is 1.34. The van der Waals surface area contributed by atoms with Crippen molar-refractivity contribution in [2.24, 2.45) is 0 Å². The third kappa shape index (κ3) is 4.29. The Morgan fingerprint density at radius 1 is 1.07 bits per heavy atom. The Morgan fingerprint density at radius 3 is 2.79 bits per heavy atom. The number of aryl methyl sites for hydroxylation is 3. The number of ether oxygens (including phenoxy) is 1. The largest absolute Gasteiger partial charge is 0.379 e. The van der Waals surface area contributed by atoms with E-state index in [1.807, 2.05) is 11.3 Å². The maximum absolute atomic E-state index is 5.48. The van der Waals surface area contributed by atoms with E-state index in [2.05, 4.69) is 40.5 Å². The third-order valence-electron chi connectivity index (χ3n) is 5.86. The van der Waals surface area contributed by atoms with Crippen molar-refractivity contribution in [3.8, 4) is 0 Å². The molecule has 5 nitrogen and oxygen atoms in total. The molecule has 3 aromatic rings. The lowest BCUT2D eigenvalue weighted by atomic mass is 10.1. The fraction of sp³-hybridized carbons (Fsp3) is 0.478. The van der Waals surface area contributed by atoms with Crippen LogP contribution in [0.3, 0.4) is 0 Å². The molecule has 6 heteroatoms. The number of nitrogens with zero attached hydrogens (tertiary/aromatic N) is 3. The van der Waals surface area contributed by atoms with Crippen molar-refractivity contribution < 1.29 is 4.74 Å². The Hall–Kier alpha value is -2.02. The summed E-state index contributed by atoms with van der Waals surface area (Å²) >= 11 is 1.88. The Kier molecular flexibility index (Phi) is 5.74. The minimum Gasteiger partial charge on any atom is -0.379 e. The van der Waals surface area contributed by atoms with Crippen LogP contribution in [0.15, 0.2) is 30.3 Å². The number of nitrogens with one attached hydrogen (secondary N) is 1. The standard InChI is InChI=1S/C23H28N4OS/c1-2-6-17(7-3-1)8-5-11-24-22-21-18-9-4-10-19(18)29-23(21)26-20(25-22)16-27-12-14-28-15-13-27/h1-3,6-7H,4-5,8-16H2,(H,24,25,26). The first-order valence-corrected chi connectivity index (χ1v) is 11.6. The van der Waals surface area contributed by atoms with Gasteiger partial charge in [0.2, 0.25) is 0 Å². The van der Waals surface area contributed by atoms with Crippen LogP contribution in [0.2, 0.25) is 0 Å². The van der Waals surface area contributed by atoms with E-state index in [1.165, 1.54) is 45.5 Å². The summed E-state index contributed by atoms with van der Waals surface area (Å²) in [5, 5.41) is 4.95. The van der Waals surface area contributed by atoms with Crippen LogP contribution in [0.25, 0.3) is 10.2 Å². The van der Waals surface area contributed by atoms with E-state index in [0.29, 0.717) is 0 Å². The molecule has 152 valence electrons. The lowest BCUT2D eigenvalue weighted by Gasteiger charge is -2.25. The monoisotopic (exact) mass is 408 g/mol. The van der Waals surface area contributed by atoms with Gasteiger partial charge in [-0.3, -0.25) is 4.90 Å². The molecule has 0 saturated carbocycles. The number of hydrogen-bond donors (Lipinski definition) is 1. The molecule has 29 heavy (non-hydrogen) atoms. The molecule has 0 radical (unpaired) electrons. The molecule has 1 fully saturated rings. The summed E-state index contributed by atoms with van der Waals surface area (Å²) in [6.07, 6.45) is 5.81. The molecular formula is C23H28N4OS. The number of thiophene rings is 1. The molecule has 1 aliphatic carbocycles. The van der Waals surface area contributed by atoms with Crippen LogP contribution >= 0.6 is 11.3 Å². The van der Waals surface area contributed by atoms with Crippen molar-refractivity contribution in [1.82, 2.24) is 14.9 Å². The minimum absolute atomic E-state index is 0.806. The van der Waals surface area contributed by atoms with Gasteiger partial charge in [-0.2, -0.15) is 0 Å². The van der Waals surface area contributed by atoms with Gasteiger partial charge in [0, 0.05) is 24.5 Å². The van der Waals surface area contributed by atoms with Crippen LogP contribution < -0.4 is 5.32 Å². The van der Waals surface area contributed by atoms with Gasteiger partial charge >= 0.3 is 0 Å². The highest BCUT2D eigenvalue weighted by Gasteiger charge is 2.23. The first-order chi connectivity index (χ1) is 14.4. The van der Waals surface area contributed by atoms with Crippen LogP contribution in [0.1, 0.15) is 34.7 Å². The predicted octanol–water partition coefficient (Wildman–Crippen LogP) is 4.06. The smallest absolute Gasteiger partial charge is 0.146 e. The van der Waals surface area contributed by atoms with Crippen molar-refractivity contribution in [2.75, 3.05) is 38.2 Å². The highest BCUT2D eigenvalue weighted by atomic mass is 32.1. The van der Waals surface area contributed by atoms with Crippen molar-refractivity contribution in [1.29, 1.82) is 0 Å². The van der Waals surface area contributed by atoms with E-state index in [4.69, 9.17) is 14.7 Å². The summed E-state index contributed by atoms with van der Waals surface area (Å²) < 4.78 is 5.48. The van der Waals surface area contributed by atoms with E-state index in [0.717, 1.165) is 63.9 Å². The molecule has 1 aliphatic heterocycles. The second-order valence-corrected chi connectivity index (χ2v) is 9.01. The maximum Gasteiger partial charge on any atom is 0.146 e. The molecule has 2 aromatic heterocycles. The third-order valence-corrected chi connectivity index (χ3v) is 7.04. The molecule has 0 unspecified atom stereocenters. The van der Waals surface area contributed by atoms with Gasteiger partial charge in [-0.1, -0.05) is 30.3 Å². The van der Waals surface area contributed by atoms with E-state index >= 15 is 0 Å². The average molecular weight is 409 g/mol. The highest BCUT2D eigenvalue weighted by molar-refractivity contribution is 7.19. The molecule has 5 rings (SSSR count). The average Bonchev–Trinajstić information content (AvgIpc) is 3.33. The number of aromatic nitrogens is 2. The van der Waals surface area contributed by atoms with Gasteiger partial charge < -0.3 is 10.1 Å². The van der Waals surface area contributed by atoms with Crippen LogP contribution in [0, 0.1) is 0 Å². The zero-order chi connectivity index (χ0) is 19.5. The second kappa shape index (κ2) is 8.78. The van der Waals surface area contributed by atoms with Gasteiger partial charge in [0.1, 0.15) is 16.5 Å². The SMILES string of the molecule is c1ccc(CCCNc2nc(CN3CCOCC3)nc3sc4c(c23)CCC4)cc1. The van der Waals surface area contributed by atoms with Gasteiger partial charge in [0.15, 0.2) is 0 Å². The summed E-state index contributed by atoms with van der Waals surface area (Å²) in [4.78, 5) is 15.0. The number of benzene rings is 1. The van der Waals surface area contributed by atoms with Gasteiger partial charge in [0.05, 0.1) is 25.1 Å². The molecule has 0 atom stereocenters. The fourth-order valence-electron chi connectivity index (χ4n) is 4.34. The van der Waals surface area contributed by atoms with Crippen molar-refractivity contribution in [2.45, 2.75) is 38.6 Å². The first-order valence-electron chi connectivity index (χ1n) is 10.8. The summed E-state index contributed by atoms with van der Waals surface area (Å²) in [5.74, 6) is 1.98. The number of fused-ring (bicyclic) bond motifs is 3. The first kappa shape index (κ1) is 19.0. The van der Waals surface area contributed by atoms with Gasteiger partial charge in [-0.15, -0.1) is 11.3 Å². The van der Waals surface area contributed by atoms with Crippen molar-refractivity contribution >= 4 is 27.4 Å². The van der Waals surface area contributed by atoms with Crippen LogP contribution in [-0.4, -0.2) is 47.7 Å². The van der Waals surface area contributed by atoms with Crippen LogP contribution in [0.5, 0.6) is 0 Å². The maximum atomic E-state index is 5.48. The molecule has 2 aliphatic rings. The van der Waals surface area contributed by atoms with Crippen molar-refractivity contribution in [3.63, 3.8) is 0 Å². The summed E-state index contributed by atoms with van der Waals surface area (Å²) in [6.45, 7) is 5.27. The summed E-state index contributed by atoms with van der Waals surface area (Å²) in [5.41, 5.74) is 2.89. The van der Waals surface area contributed by atoms with E-state index < -0.39 is 0 Å². The van der Waals surface area contributed by atoms with Crippen LogP contribution in [0.4, 0.5) is 5.82 Å². The van der Waals surface area contributed by atoms with E-state index in [-0.39, 0.29) is 0 Å². The highest BCUT2D eigenvalue weighted by Crippen LogP contribution is 2.39. The zero-order valence-corrected chi connectivity index (χ0v) is 17.6.